The summed E-state index contributed by atoms with van der Waals surface area (Å²) in [5, 5.41) is 2.55. The number of benzene rings is 2. The number of aryl methyl sites for hydroxylation is 1. The van der Waals surface area contributed by atoms with E-state index in [1.165, 1.54) is 6.07 Å². The van der Waals surface area contributed by atoms with Crippen molar-refractivity contribution < 1.29 is 18.4 Å². The maximum Gasteiger partial charge on any atom is 0.244 e. The topological polar surface area (TPSA) is 72.2 Å². The highest BCUT2D eigenvalue weighted by Crippen LogP contribution is 2.13. The summed E-state index contributed by atoms with van der Waals surface area (Å²) in [7, 11) is 0. The van der Waals surface area contributed by atoms with E-state index in [-0.39, 0.29) is 12.8 Å². The van der Waals surface area contributed by atoms with Gasteiger partial charge in [-0.25, -0.2) is 8.78 Å². The Labute approximate surface area is 132 Å². The van der Waals surface area contributed by atoms with Gasteiger partial charge in [0.25, 0.3) is 0 Å². The van der Waals surface area contributed by atoms with Gasteiger partial charge in [0.05, 0.1) is 0 Å². The number of carbonyl (C=O) groups is 2. The molecule has 0 aliphatic rings. The number of nitrogens with one attached hydrogen (secondary N) is 1. The molecule has 3 N–H and O–H groups in total. The van der Waals surface area contributed by atoms with Crippen LogP contribution in [-0.4, -0.2) is 11.8 Å². The molecule has 0 saturated heterocycles. The van der Waals surface area contributed by atoms with Gasteiger partial charge in [0, 0.05) is 6.42 Å². The minimum atomic E-state index is -0.956. The second-order valence-corrected chi connectivity index (χ2v) is 5.06. The Morgan fingerprint density at radius 2 is 1.74 bits per heavy atom. The highest BCUT2D eigenvalue weighted by Gasteiger charge is 2.19. The molecule has 0 aromatic heterocycles. The third kappa shape index (κ3) is 4.60. The molecule has 2 aromatic rings. The van der Waals surface area contributed by atoms with Gasteiger partial charge in [-0.2, -0.15) is 0 Å². The van der Waals surface area contributed by atoms with Gasteiger partial charge in [0.2, 0.25) is 11.8 Å². The molecule has 120 valence electrons. The molecule has 0 bridgehead atoms. The number of carbonyl (C=O) groups excluding carboxylic acids is 2. The molecule has 0 saturated carbocycles. The molecule has 1 atom stereocenters. The standard InChI is InChI=1S/C17H16F2N2O2/c18-13-8-6-11(10-14(13)19)7-9-15(22)21-16(17(20)23)12-4-2-1-3-5-12/h1-6,8,10,16H,7,9H2,(H2,20,23)(H,21,22)/t16-/m0/s1. The van der Waals surface area contributed by atoms with Gasteiger partial charge in [-0.3, -0.25) is 9.59 Å². The normalized spacial score (nSPS) is 11.7. The van der Waals surface area contributed by atoms with E-state index in [1.54, 1.807) is 30.3 Å². The Morgan fingerprint density at radius 3 is 2.35 bits per heavy atom. The van der Waals surface area contributed by atoms with Crippen molar-refractivity contribution in [2.45, 2.75) is 18.9 Å². The molecular formula is C17H16F2N2O2. The number of amides is 2. The lowest BCUT2D eigenvalue weighted by Gasteiger charge is -2.15. The molecule has 0 aliphatic carbocycles. The fourth-order valence-electron chi connectivity index (χ4n) is 2.15. The lowest BCUT2D eigenvalue weighted by molar-refractivity contribution is -0.127. The van der Waals surface area contributed by atoms with Gasteiger partial charge in [-0.1, -0.05) is 36.4 Å². The zero-order valence-electron chi connectivity index (χ0n) is 12.3. The molecule has 2 aromatic carbocycles. The van der Waals surface area contributed by atoms with Crippen LogP contribution >= 0.6 is 0 Å². The lowest BCUT2D eigenvalue weighted by Crippen LogP contribution is -2.37. The van der Waals surface area contributed by atoms with Gasteiger partial charge in [-0.15, -0.1) is 0 Å². The highest BCUT2D eigenvalue weighted by molar-refractivity contribution is 5.87. The van der Waals surface area contributed by atoms with E-state index in [0.29, 0.717) is 11.1 Å². The molecule has 0 heterocycles. The Morgan fingerprint density at radius 1 is 1.04 bits per heavy atom. The predicted molar refractivity (Wildman–Crippen MR) is 81.2 cm³/mol. The van der Waals surface area contributed by atoms with Crippen LogP contribution in [0.4, 0.5) is 8.78 Å². The van der Waals surface area contributed by atoms with E-state index in [4.69, 9.17) is 5.73 Å². The molecule has 0 unspecified atom stereocenters. The number of primary amides is 1. The van der Waals surface area contributed by atoms with Crippen LogP contribution in [0.25, 0.3) is 0 Å². The largest absolute Gasteiger partial charge is 0.368 e. The van der Waals surface area contributed by atoms with Gasteiger partial charge in [0.1, 0.15) is 6.04 Å². The van der Waals surface area contributed by atoms with Crippen LogP contribution in [0.2, 0.25) is 0 Å². The van der Waals surface area contributed by atoms with Crippen molar-refractivity contribution in [3.63, 3.8) is 0 Å². The quantitative estimate of drug-likeness (QED) is 0.857. The van der Waals surface area contributed by atoms with E-state index in [9.17, 15) is 18.4 Å². The Balaban J connectivity index is 1.97. The van der Waals surface area contributed by atoms with Gasteiger partial charge in [0.15, 0.2) is 11.6 Å². The third-order valence-electron chi connectivity index (χ3n) is 3.35. The van der Waals surface area contributed by atoms with Crippen LogP contribution in [0.5, 0.6) is 0 Å². The first-order chi connectivity index (χ1) is 11.0. The first-order valence-electron chi connectivity index (χ1n) is 7.05. The van der Waals surface area contributed by atoms with E-state index >= 15 is 0 Å². The molecular weight excluding hydrogens is 302 g/mol. The van der Waals surface area contributed by atoms with Crippen molar-refractivity contribution in [3.05, 3.63) is 71.3 Å². The second-order valence-electron chi connectivity index (χ2n) is 5.06. The molecule has 23 heavy (non-hydrogen) atoms. The van der Waals surface area contributed by atoms with Gasteiger partial charge < -0.3 is 11.1 Å². The zero-order valence-corrected chi connectivity index (χ0v) is 12.3. The predicted octanol–water partition coefficient (Wildman–Crippen LogP) is 2.24. The van der Waals surface area contributed by atoms with Crippen molar-refractivity contribution in [2.24, 2.45) is 5.73 Å². The summed E-state index contributed by atoms with van der Waals surface area (Å²) < 4.78 is 25.9. The zero-order chi connectivity index (χ0) is 16.8. The monoisotopic (exact) mass is 318 g/mol. The molecule has 0 fully saturated rings. The molecule has 6 heteroatoms. The fourth-order valence-corrected chi connectivity index (χ4v) is 2.15. The van der Waals surface area contributed by atoms with Crippen LogP contribution in [0, 0.1) is 11.6 Å². The summed E-state index contributed by atoms with van der Waals surface area (Å²) in [6.07, 6.45) is 0.255. The number of rotatable bonds is 6. The van der Waals surface area contributed by atoms with Crippen LogP contribution in [0.1, 0.15) is 23.6 Å². The van der Waals surface area contributed by atoms with Crippen molar-refractivity contribution >= 4 is 11.8 Å². The van der Waals surface area contributed by atoms with Gasteiger partial charge in [-0.05, 0) is 29.7 Å². The Hall–Kier alpha value is -2.76. The van der Waals surface area contributed by atoms with Gasteiger partial charge >= 0.3 is 0 Å². The summed E-state index contributed by atoms with van der Waals surface area (Å²) in [5.74, 6) is -2.96. The third-order valence-corrected chi connectivity index (χ3v) is 3.35. The van der Waals surface area contributed by atoms with E-state index in [2.05, 4.69) is 5.32 Å². The summed E-state index contributed by atoms with van der Waals surface area (Å²) in [5.41, 5.74) is 6.40. The summed E-state index contributed by atoms with van der Waals surface area (Å²) in [4.78, 5) is 23.5. The summed E-state index contributed by atoms with van der Waals surface area (Å²) in [6, 6.07) is 11.2. The SMILES string of the molecule is NC(=O)[C@@H](NC(=O)CCc1ccc(F)c(F)c1)c1ccccc1. The first kappa shape index (κ1) is 16.6. The molecule has 0 aliphatic heterocycles. The van der Waals surface area contributed by atoms with Crippen molar-refractivity contribution in [1.82, 2.24) is 5.32 Å². The Kier molecular flexibility index (Phi) is 5.41. The Bertz CT molecular complexity index is 705. The number of halogens is 2. The fraction of sp³-hybridized carbons (Fsp3) is 0.176. The molecule has 2 rings (SSSR count). The minimum absolute atomic E-state index is 0.0295. The van der Waals surface area contributed by atoms with Crippen molar-refractivity contribution in [1.29, 1.82) is 0 Å². The van der Waals surface area contributed by atoms with Crippen molar-refractivity contribution in [3.8, 4) is 0 Å². The number of nitrogens with two attached hydrogens (primary N) is 1. The highest BCUT2D eigenvalue weighted by atomic mass is 19.2. The van der Waals surface area contributed by atoms with Crippen LogP contribution in [0.15, 0.2) is 48.5 Å². The first-order valence-corrected chi connectivity index (χ1v) is 7.05. The molecule has 0 spiro atoms. The van der Waals surface area contributed by atoms with Crippen LogP contribution in [0.3, 0.4) is 0 Å². The van der Waals surface area contributed by atoms with E-state index < -0.39 is 29.5 Å². The van der Waals surface area contributed by atoms with Crippen LogP contribution < -0.4 is 11.1 Å². The van der Waals surface area contributed by atoms with E-state index in [0.717, 1.165) is 12.1 Å². The van der Waals surface area contributed by atoms with Crippen molar-refractivity contribution in [2.75, 3.05) is 0 Å². The van der Waals surface area contributed by atoms with E-state index in [1.807, 2.05) is 0 Å². The average molecular weight is 318 g/mol. The molecule has 0 radical (unpaired) electrons. The molecule has 2 amide bonds. The number of hydrogen-bond acceptors (Lipinski definition) is 2. The summed E-state index contributed by atoms with van der Waals surface area (Å²) in [6.45, 7) is 0. The molecule has 4 nitrogen and oxygen atoms in total. The average Bonchev–Trinajstić information content (AvgIpc) is 2.54. The maximum absolute atomic E-state index is 13.1. The number of hydrogen-bond donors (Lipinski definition) is 2. The summed E-state index contributed by atoms with van der Waals surface area (Å²) >= 11 is 0. The minimum Gasteiger partial charge on any atom is -0.368 e. The lowest BCUT2D eigenvalue weighted by atomic mass is 10.1. The maximum atomic E-state index is 13.1. The second kappa shape index (κ2) is 7.49. The smallest absolute Gasteiger partial charge is 0.244 e. The van der Waals surface area contributed by atoms with Crippen LogP contribution in [-0.2, 0) is 16.0 Å².